The van der Waals surface area contributed by atoms with E-state index >= 15 is 0 Å². The molecule has 0 radical (unpaired) electrons. The minimum Gasteiger partial charge on any atom is -0.497 e. The van der Waals surface area contributed by atoms with E-state index < -0.39 is 5.97 Å². The summed E-state index contributed by atoms with van der Waals surface area (Å²) in [5.41, 5.74) is 3.60. The zero-order chi connectivity index (χ0) is 26.0. The van der Waals surface area contributed by atoms with Gasteiger partial charge in [0.25, 0.3) is 0 Å². The minimum atomic E-state index is -0.589. The molecule has 0 atom stereocenters. The summed E-state index contributed by atoms with van der Waals surface area (Å²) >= 11 is 0. The normalized spacial score (nSPS) is 10.9. The molecular weight excluding hydrogens is 472 g/mol. The van der Waals surface area contributed by atoms with Crippen LogP contribution in [0.25, 0.3) is 0 Å². The number of rotatable bonds is 13. The molecule has 0 saturated carbocycles. The Bertz CT molecular complexity index is 1310. The van der Waals surface area contributed by atoms with E-state index in [9.17, 15) is 4.79 Å². The monoisotopic (exact) mass is 502 g/mol. The minimum absolute atomic E-state index is 0.0966. The highest BCUT2D eigenvalue weighted by atomic mass is 16.5. The first kappa shape index (κ1) is 25.7. The molecule has 2 aromatic carbocycles. The number of unbranched alkanes of at least 4 members (excludes halogenated alkanes) is 1. The van der Waals surface area contributed by atoms with Crippen molar-refractivity contribution in [3.63, 3.8) is 0 Å². The third-order valence-electron chi connectivity index (χ3n) is 5.68. The molecule has 2 aromatic heterocycles. The molecule has 0 saturated heterocycles. The van der Waals surface area contributed by atoms with Crippen molar-refractivity contribution in [1.29, 1.82) is 0 Å². The van der Waals surface area contributed by atoms with Gasteiger partial charge < -0.3 is 14.0 Å². The van der Waals surface area contributed by atoms with Crippen molar-refractivity contribution < 1.29 is 18.8 Å². The molecule has 0 spiro atoms. The molecule has 10 nitrogen and oxygen atoms in total. The average molecular weight is 503 g/mol. The molecule has 4 rings (SSSR count). The zero-order valence-corrected chi connectivity index (χ0v) is 21.1. The SMILES string of the molecule is C=C(Cc1nc(Cc2ccc(CCCC)cc2)no1)C(=O)OCc1nnn(Cc2ccc(OC)cc2)n1. The van der Waals surface area contributed by atoms with Gasteiger partial charge in [0.1, 0.15) is 5.75 Å². The van der Waals surface area contributed by atoms with E-state index in [0.29, 0.717) is 24.7 Å². The van der Waals surface area contributed by atoms with Crippen LogP contribution in [0.3, 0.4) is 0 Å². The van der Waals surface area contributed by atoms with Gasteiger partial charge in [-0.2, -0.15) is 9.78 Å². The lowest BCUT2D eigenvalue weighted by Crippen LogP contribution is -2.10. The van der Waals surface area contributed by atoms with Crippen LogP contribution in [0.4, 0.5) is 0 Å². The summed E-state index contributed by atoms with van der Waals surface area (Å²) in [7, 11) is 1.62. The molecule has 0 aliphatic heterocycles. The molecule has 0 fully saturated rings. The summed E-state index contributed by atoms with van der Waals surface area (Å²) in [6.07, 6.45) is 4.09. The van der Waals surface area contributed by atoms with Crippen molar-refractivity contribution in [2.24, 2.45) is 0 Å². The van der Waals surface area contributed by atoms with Crippen LogP contribution in [-0.2, 0) is 41.9 Å². The quantitative estimate of drug-likeness (QED) is 0.198. The van der Waals surface area contributed by atoms with E-state index in [1.807, 2.05) is 24.3 Å². The second-order valence-electron chi connectivity index (χ2n) is 8.64. The first-order valence-corrected chi connectivity index (χ1v) is 12.2. The van der Waals surface area contributed by atoms with Crippen molar-refractivity contribution in [3.8, 4) is 5.75 Å². The van der Waals surface area contributed by atoms with Gasteiger partial charge in [0, 0.05) is 12.0 Å². The molecule has 0 aliphatic rings. The maximum atomic E-state index is 12.4. The van der Waals surface area contributed by atoms with E-state index in [4.69, 9.17) is 14.0 Å². The predicted molar refractivity (Wildman–Crippen MR) is 135 cm³/mol. The van der Waals surface area contributed by atoms with E-state index in [-0.39, 0.29) is 24.4 Å². The topological polar surface area (TPSA) is 118 Å². The Kier molecular flexibility index (Phi) is 8.75. The van der Waals surface area contributed by atoms with Crippen molar-refractivity contribution in [1.82, 2.24) is 30.3 Å². The van der Waals surface area contributed by atoms with E-state index in [0.717, 1.165) is 23.3 Å². The molecule has 2 heterocycles. The summed E-state index contributed by atoms with van der Waals surface area (Å²) in [4.78, 5) is 18.2. The number of hydrogen-bond acceptors (Lipinski definition) is 9. The Morgan fingerprint density at radius 3 is 2.49 bits per heavy atom. The average Bonchev–Trinajstić information content (AvgIpc) is 3.56. The van der Waals surface area contributed by atoms with Gasteiger partial charge >= 0.3 is 5.97 Å². The number of methoxy groups -OCH3 is 1. The fraction of sp³-hybridized carbons (Fsp3) is 0.333. The number of carbonyl (C=O) groups excluding carboxylic acids is 1. The number of nitrogens with zero attached hydrogens (tertiary/aromatic N) is 6. The highest BCUT2D eigenvalue weighted by molar-refractivity contribution is 5.87. The van der Waals surface area contributed by atoms with Gasteiger partial charge in [-0.15, -0.1) is 10.2 Å². The maximum Gasteiger partial charge on any atom is 0.334 e. The van der Waals surface area contributed by atoms with Gasteiger partial charge in [0.05, 0.1) is 20.1 Å². The number of ether oxygens (including phenoxy) is 2. The molecule has 4 aromatic rings. The van der Waals surface area contributed by atoms with Crippen LogP contribution in [0.15, 0.2) is 65.2 Å². The molecule has 0 N–H and O–H groups in total. The Morgan fingerprint density at radius 1 is 1.03 bits per heavy atom. The molecule has 0 unspecified atom stereocenters. The lowest BCUT2D eigenvalue weighted by molar-refractivity contribution is -0.140. The van der Waals surface area contributed by atoms with Gasteiger partial charge in [0.2, 0.25) is 11.7 Å². The first-order chi connectivity index (χ1) is 18.0. The number of esters is 1. The van der Waals surface area contributed by atoms with Crippen molar-refractivity contribution in [3.05, 3.63) is 94.9 Å². The van der Waals surface area contributed by atoms with Crippen molar-refractivity contribution >= 4 is 5.97 Å². The predicted octanol–water partition coefficient (Wildman–Crippen LogP) is 3.89. The van der Waals surface area contributed by atoms with Crippen LogP contribution in [-0.4, -0.2) is 43.4 Å². The zero-order valence-electron chi connectivity index (χ0n) is 21.1. The number of carbonyl (C=O) groups is 1. The van der Waals surface area contributed by atoms with Crippen LogP contribution < -0.4 is 4.74 Å². The molecule has 192 valence electrons. The van der Waals surface area contributed by atoms with Gasteiger partial charge in [-0.05, 0) is 46.9 Å². The Hall–Kier alpha value is -4.34. The third kappa shape index (κ3) is 7.57. The van der Waals surface area contributed by atoms with Gasteiger partial charge in [-0.25, -0.2) is 4.79 Å². The van der Waals surface area contributed by atoms with Gasteiger partial charge in [0.15, 0.2) is 12.4 Å². The molecular formula is C27H30N6O4. The summed E-state index contributed by atoms with van der Waals surface area (Å²) in [6, 6.07) is 16.0. The Balaban J connectivity index is 1.22. The molecule has 0 bridgehead atoms. The Labute approximate surface area is 215 Å². The maximum absolute atomic E-state index is 12.4. The number of hydrogen-bond donors (Lipinski definition) is 0. The van der Waals surface area contributed by atoms with Crippen LogP contribution in [0.2, 0.25) is 0 Å². The van der Waals surface area contributed by atoms with Crippen LogP contribution >= 0.6 is 0 Å². The first-order valence-electron chi connectivity index (χ1n) is 12.2. The standard InChI is InChI=1S/C27H30N6O4/c1-4-5-6-20-7-9-21(10-8-20)16-24-28-26(37-31-24)15-19(2)27(34)36-18-25-29-32-33(30-25)17-22-11-13-23(35-3)14-12-22/h7-14H,2,4-6,15-18H2,1,3H3. The molecule has 37 heavy (non-hydrogen) atoms. The van der Waals surface area contributed by atoms with E-state index in [2.05, 4.69) is 63.3 Å². The lowest BCUT2D eigenvalue weighted by atomic mass is 10.0. The largest absolute Gasteiger partial charge is 0.497 e. The highest BCUT2D eigenvalue weighted by Crippen LogP contribution is 2.14. The van der Waals surface area contributed by atoms with Gasteiger partial charge in [-0.1, -0.05) is 61.5 Å². The number of benzene rings is 2. The van der Waals surface area contributed by atoms with Gasteiger partial charge in [-0.3, -0.25) is 0 Å². The number of aromatic nitrogens is 6. The van der Waals surface area contributed by atoms with Crippen molar-refractivity contribution in [2.75, 3.05) is 7.11 Å². The lowest BCUT2D eigenvalue weighted by Gasteiger charge is -2.03. The fourth-order valence-electron chi connectivity index (χ4n) is 3.60. The molecule has 0 aliphatic carbocycles. The van der Waals surface area contributed by atoms with E-state index in [1.165, 1.54) is 23.2 Å². The van der Waals surface area contributed by atoms with Crippen LogP contribution in [0.1, 0.15) is 54.0 Å². The highest BCUT2D eigenvalue weighted by Gasteiger charge is 2.16. The third-order valence-corrected chi connectivity index (χ3v) is 5.68. The fourth-order valence-corrected chi connectivity index (χ4v) is 3.60. The smallest absolute Gasteiger partial charge is 0.334 e. The molecule has 10 heteroatoms. The summed E-state index contributed by atoms with van der Waals surface area (Å²) in [6.45, 7) is 6.29. The van der Waals surface area contributed by atoms with Crippen LogP contribution in [0.5, 0.6) is 5.75 Å². The van der Waals surface area contributed by atoms with Crippen molar-refractivity contribution in [2.45, 2.75) is 52.2 Å². The molecule has 0 amide bonds. The Morgan fingerprint density at radius 2 is 1.76 bits per heavy atom. The summed E-state index contributed by atoms with van der Waals surface area (Å²) < 4.78 is 15.7. The second-order valence-corrected chi connectivity index (χ2v) is 8.64. The van der Waals surface area contributed by atoms with E-state index in [1.54, 1.807) is 7.11 Å². The van der Waals surface area contributed by atoms with Crippen LogP contribution in [0, 0.1) is 0 Å². The number of aryl methyl sites for hydroxylation is 1. The number of tetrazole rings is 1. The summed E-state index contributed by atoms with van der Waals surface area (Å²) in [5.74, 6) is 1.33. The second kappa shape index (κ2) is 12.6. The summed E-state index contributed by atoms with van der Waals surface area (Å²) in [5, 5.41) is 16.2.